The van der Waals surface area contributed by atoms with Crippen molar-refractivity contribution in [1.82, 2.24) is 9.55 Å². The minimum Gasteiger partial charge on any atom is -0.292 e. The smallest absolute Gasteiger partial charge is 0.252 e. The summed E-state index contributed by atoms with van der Waals surface area (Å²) in [5.74, 6) is 0.810. The summed E-state index contributed by atoms with van der Waals surface area (Å²) < 4.78 is 2.22. The summed E-state index contributed by atoms with van der Waals surface area (Å²) in [6.45, 7) is 0. The van der Waals surface area contributed by atoms with Crippen molar-refractivity contribution < 1.29 is 4.79 Å². The highest BCUT2D eigenvalue weighted by Gasteiger charge is 2.21. The molecule has 9 aromatic rings. The second-order valence-electron chi connectivity index (χ2n) is 12.8. The highest BCUT2D eigenvalue weighted by molar-refractivity contribution is 6.67. The van der Waals surface area contributed by atoms with Crippen molar-refractivity contribution in [2.24, 2.45) is 0 Å². The van der Waals surface area contributed by atoms with Gasteiger partial charge in [-0.15, -0.1) is 0 Å². The van der Waals surface area contributed by atoms with Gasteiger partial charge in [0.1, 0.15) is 5.82 Å². The molecule has 9 rings (SSSR count). The monoisotopic (exact) mass is 686 g/mol. The lowest BCUT2D eigenvalue weighted by Crippen LogP contribution is -2.00. The maximum atomic E-state index is 12.0. The fourth-order valence-corrected chi connectivity index (χ4v) is 7.53. The summed E-state index contributed by atoms with van der Waals surface area (Å²) in [6.07, 6.45) is 0. The summed E-state index contributed by atoms with van der Waals surface area (Å²) in [5, 5.41) is 4.03. The Morgan fingerprint density at radius 2 is 0.827 bits per heavy atom. The molecule has 0 saturated carbocycles. The van der Waals surface area contributed by atoms with Crippen molar-refractivity contribution in [3.05, 3.63) is 216 Å². The van der Waals surface area contributed by atoms with Gasteiger partial charge in [-0.05, 0) is 80.0 Å². The Morgan fingerprint density at radius 1 is 0.423 bits per heavy atom. The summed E-state index contributed by atoms with van der Waals surface area (Å²) in [6, 6.07) is 65.0. The molecule has 0 fully saturated rings. The Labute approximate surface area is 306 Å². The van der Waals surface area contributed by atoms with Crippen molar-refractivity contribution in [1.29, 1.82) is 0 Å². The van der Waals surface area contributed by atoms with E-state index in [0.717, 1.165) is 77.5 Å². The number of rotatable bonds is 7. The normalized spacial score (nSPS) is 11.2. The Bertz CT molecular complexity index is 2730. The van der Waals surface area contributed by atoms with Gasteiger partial charge in [-0.2, -0.15) is 0 Å². The fourth-order valence-electron chi connectivity index (χ4n) is 7.40. The molecule has 246 valence electrons. The summed E-state index contributed by atoms with van der Waals surface area (Å²) in [4.78, 5) is 17.4. The Kier molecular flexibility index (Phi) is 8.04. The van der Waals surface area contributed by atoms with Gasteiger partial charge in [-0.3, -0.25) is 9.36 Å². The van der Waals surface area contributed by atoms with E-state index in [1.165, 1.54) is 5.57 Å². The van der Waals surface area contributed by atoms with Crippen LogP contribution in [0.1, 0.15) is 32.6 Å². The van der Waals surface area contributed by atoms with E-state index in [2.05, 4.69) is 168 Å². The van der Waals surface area contributed by atoms with Gasteiger partial charge in [-0.1, -0.05) is 164 Å². The largest absolute Gasteiger partial charge is 0.292 e. The topological polar surface area (TPSA) is 34.9 Å². The number of carbonyl (C=O) groups excluding carboxylic acids is 1. The molecular weight excluding hydrogens is 656 g/mol. The lowest BCUT2D eigenvalue weighted by atomic mass is 9.85. The highest BCUT2D eigenvalue weighted by atomic mass is 35.5. The molecule has 3 nitrogen and oxygen atoms in total. The van der Waals surface area contributed by atoms with E-state index in [1.807, 2.05) is 12.1 Å². The minimum absolute atomic E-state index is 0.448. The first-order valence-corrected chi connectivity index (χ1v) is 17.7. The van der Waals surface area contributed by atoms with E-state index in [4.69, 9.17) is 16.6 Å². The first kappa shape index (κ1) is 31.4. The van der Waals surface area contributed by atoms with Crippen LogP contribution in [0.25, 0.3) is 60.8 Å². The second kappa shape index (κ2) is 13.3. The second-order valence-corrected chi connectivity index (χ2v) is 13.1. The summed E-state index contributed by atoms with van der Waals surface area (Å²) in [5.41, 5.74) is 11.1. The first-order chi connectivity index (χ1) is 25.7. The lowest BCUT2D eigenvalue weighted by molar-refractivity contribution is 0.108. The predicted octanol–water partition coefficient (Wildman–Crippen LogP) is 12.4. The quantitative estimate of drug-likeness (QED) is 0.0950. The third kappa shape index (κ3) is 5.49. The van der Waals surface area contributed by atoms with Crippen molar-refractivity contribution in [3.8, 4) is 17.1 Å². The van der Waals surface area contributed by atoms with Crippen LogP contribution in [-0.4, -0.2) is 14.8 Å². The van der Waals surface area contributed by atoms with Gasteiger partial charge >= 0.3 is 0 Å². The van der Waals surface area contributed by atoms with Crippen LogP contribution < -0.4 is 0 Å². The lowest BCUT2D eigenvalue weighted by Gasteiger charge is -2.18. The van der Waals surface area contributed by atoms with Crippen LogP contribution in [0.4, 0.5) is 0 Å². The number of fused-ring (bicyclic) bond motifs is 6. The number of aromatic nitrogens is 2. The molecule has 0 bridgehead atoms. The molecule has 1 heterocycles. The van der Waals surface area contributed by atoms with E-state index in [0.29, 0.717) is 5.56 Å². The zero-order valence-corrected chi connectivity index (χ0v) is 28.8. The number of hydrogen-bond acceptors (Lipinski definition) is 2. The maximum absolute atomic E-state index is 12.0. The van der Waals surface area contributed by atoms with Gasteiger partial charge < -0.3 is 0 Å². The van der Waals surface area contributed by atoms with Crippen molar-refractivity contribution in [2.45, 2.75) is 0 Å². The van der Waals surface area contributed by atoms with E-state index < -0.39 is 5.24 Å². The molecule has 0 spiro atoms. The van der Waals surface area contributed by atoms with Crippen LogP contribution in [0.2, 0.25) is 0 Å². The third-order valence-corrected chi connectivity index (χ3v) is 9.97. The van der Waals surface area contributed by atoms with Crippen LogP contribution in [0.15, 0.2) is 188 Å². The number of carbonyl (C=O) groups is 1. The van der Waals surface area contributed by atoms with E-state index in [1.54, 1.807) is 12.1 Å². The molecule has 4 heteroatoms. The van der Waals surface area contributed by atoms with E-state index in [9.17, 15) is 4.79 Å². The minimum atomic E-state index is -0.484. The molecule has 0 atom stereocenters. The first-order valence-electron chi connectivity index (χ1n) is 17.3. The molecule has 0 aliphatic carbocycles. The number of nitrogens with zero attached hydrogens (tertiary/aromatic N) is 2. The predicted molar refractivity (Wildman–Crippen MR) is 216 cm³/mol. The van der Waals surface area contributed by atoms with Gasteiger partial charge in [0.05, 0.1) is 11.0 Å². The van der Waals surface area contributed by atoms with Gasteiger partial charge in [0, 0.05) is 27.6 Å². The number of imidazole rings is 1. The SMILES string of the molecule is O=C(Cl)c1ccc(-n2c(-c3ccc(C(=C(c4ccccc4)c4ccccc4)c4ccccc4)cc3)nc3c4ccccc4c4ccccc4c32)cc1. The third-order valence-electron chi connectivity index (χ3n) is 9.75. The average Bonchev–Trinajstić information content (AvgIpc) is 3.62. The Morgan fingerprint density at radius 3 is 1.33 bits per heavy atom. The van der Waals surface area contributed by atoms with Crippen LogP contribution >= 0.6 is 11.6 Å². The van der Waals surface area contributed by atoms with Crippen LogP contribution in [-0.2, 0) is 0 Å². The highest BCUT2D eigenvalue weighted by Crippen LogP contribution is 2.41. The van der Waals surface area contributed by atoms with Gasteiger partial charge in [0.25, 0.3) is 5.24 Å². The fraction of sp³-hybridized carbons (Fsp3) is 0. The maximum Gasteiger partial charge on any atom is 0.252 e. The van der Waals surface area contributed by atoms with Gasteiger partial charge in [0.2, 0.25) is 0 Å². The Balaban J connectivity index is 1.31. The van der Waals surface area contributed by atoms with Crippen LogP contribution in [0, 0.1) is 0 Å². The van der Waals surface area contributed by atoms with Crippen molar-refractivity contribution >= 4 is 60.6 Å². The van der Waals surface area contributed by atoms with Gasteiger partial charge in [-0.25, -0.2) is 4.98 Å². The van der Waals surface area contributed by atoms with Crippen LogP contribution in [0.5, 0.6) is 0 Å². The number of halogens is 1. The van der Waals surface area contributed by atoms with Crippen molar-refractivity contribution in [2.75, 3.05) is 0 Å². The average molecular weight is 687 g/mol. The molecular formula is C48H31ClN2O. The Hall–Kier alpha value is -6.55. The number of hydrogen-bond donors (Lipinski definition) is 0. The molecule has 52 heavy (non-hydrogen) atoms. The molecule has 1 aromatic heterocycles. The van der Waals surface area contributed by atoms with Crippen molar-refractivity contribution in [3.63, 3.8) is 0 Å². The summed E-state index contributed by atoms with van der Waals surface area (Å²) >= 11 is 5.87. The molecule has 0 aliphatic rings. The molecule has 0 saturated heterocycles. The summed E-state index contributed by atoms with van der Waals surface area (Å²) in [7, 11) is 0. The van der Waals surface area contributed by atoms with Gasteiger partial charge in [0.15, 0.2) is 0 Å². The van der Waals surface area contributed by atoms with E-state index >= 15 is 0 Å². The zero-order chi connectivity index (χ0) is 35.0. The molecule has 0 N–H and O–H groups in total. The molecule has 0 aliphatic heterocycles. The van der Waals surface area contributed by atoms with Crippen LogP contribution in [0.3, 0.4) is 0 Å². The number of benzene rings is 8. The molecule has 0 unspecified atom stereocenters. The zero-order valence-electron chi connectivity index (χ0n) is 28.1. The molecule has 0 radical (unpaired) electrons. The van der Waals surface area contributed by atoms with E-state index in [-0.39, 0.29) is 0 Å². The molecule has 8 aromatic carbocycles. The standard InChI is InChI=1S/C48H31ClN2O/c49-47(52)36-28-30-38(31-29-36)51-46-42-23-13-11-21-40(42)39-20-10-12-22-41(39)45(46)50-48(51)37-26-24-35(25-27-37)44(34-18-8-3-9-19-34)43(32-14-4-1-5-15-32)33-16-6-2-7-17-33/h1-31H. The molecule has 0 amide bonds.